The maximum absolute atomic E-state index is 11.0. The van der Waals surface area contributed by atoms with Crippen LogP contribution in [-0.2, 0) is 4.18 Å². The number of fused-ring (bicyclic) bond motifs is 3. The van der Waals surface area contributed by atoms with Crippen LogP contribution in [0.25, 0.3) is 11.1 Å². The van der Waals surface area contributed by atoms with Crippen LogP contribution in [-0.4, -0.2) is 17.7 Å². The van der Waals surface area contributed by atoms with E-state index in [1.54, 1.807) is 0 Å². The highest BCUT2D eigenvalue weighted by Crippen LogP contribution is 2.69. The second-order valence-electron chi connectivity index (χ2n) is 4.48. The molecule has 0 unspecified atom stereocenters. The molecule has 0 fully saturated rings. The maximum Gasteiger partial charge on any atom is 0.0734 e. The SMILES string of the molecule is NCCCOS1(O)c2ccccc2-c2ccccc21. The molecule has 4 heteroatoms. The molecule has 2 aromatic rings. The summed E-state index contributed by atoms with van der Waals surface area (Å²) in [6, 6.07) is 15.8. The van der Waals surface area contributed by atoms with Crippen molar-refractivity contribution < 1.29 is 8.74 Å². The van der Waals surface area contributed by atoms with Crippen molar-refractivity contribution in [3.05, 3.63) is 48.5 Å². The lowest BCUT2D eigenvalue weighted by Gasteiger charge is -2.35. The average Bonchev–Trinajstić information content (AvgIpc) is 2.71. The molecule has 2 aromatic carbocycles. The van der Waals surface area contributed by atoms with Gasteiger partial charge >= 0.3 is 0 Å². The average molecular weight is 275 g/mol. The van der Waals surface area contributed by atoms with E-state index in [0.717, 1.165) is 27.3 Å². The number of nitrogens with two attached hydrogens (primary N) is 1. The molecule has 0 amide bonds. The molecule has 0 atom stereocenters. The predicted molar refractivity (Wildman–Crippen MR) is 78.3 cm³/mol. The van der Waals surface area contributed by atoms with E-state index >= 15 is 0 Å². The standard InChI is InChI=1S/C15H17NO2S/c16-10-5-11-18-19(17)14-8-3-1-6-12(14)13-7-2-4-9-15(13)19/h1-4,6-9,17H,5,10-11,16H2. The molecule has 1 heterocycles. The molecule has 0 radical (unpaired) electrons. The fourth-order valence-electron chi connectivity index (χ4n) is 2.37. The molecular weight excluding hydrogens is 258 g/mol. The Labute approximate surface area is 114 Å². The Bertz CT molecular complexity index is 555. The molecule has 0 spiro atoms. The van der Waals surface area contributed by atoms with Crippen LogP contribution in [0.3, 0.4) is 0 Å². The van der Waals surface area contributed by atoms with Crippen molar-refractivity contribution in [1.82, 2.24) is 0 Å². The largest absolute Gasteiger partial charge is 0.330 e. The van der Waals surface area contributed by atoms with E-state index in [4.69, 9.17) is 9.92 Å². The molecular formula is C15H17NO2S. The zero-order valence-electron chi connectivity index (χ0n) is 10.6. The number of hydrogen-bond acceptors (Lipinski definition) is 3. The Morgan fingerprint density at radius 2 is 1.47 bits per heavy atom. The number of benzene rings is 2. The van der Waals surface area contributed by atoms with Crippen LogP contribution in [0.5, 0.6) is 0 Å². The van der Waals surface area contributed by atoms with Gasteiger partial charge in [-0.1, -0.05) is 36.4 Å². The summed E-state index contributed by atoms with van der Waals surface area (Å²) in [4.78, 5) is 1.79. The van der Waals surface area contributed by atoms with Crippen LogP contribution in [0.4, 0.5) is 0 Å². The zero-order chi connectivity index (χ0) is 13.3. The fourth-order valence-corrected chi connectivity index (χ4v) is 4.70. The van der Waals surface area contributed by atoms with Crippen molar-refractivity contribution in [1.29, 1.82) is 0 Å². The van der Waals surface area contributed by atoms with Gasteiger partial charge < -0.3 is 5.73 Å². The third kappa shape index (κ3) is 1.97. The van der Waals surface area contributed by atoms with Gasteiger partial charge in [0.05, 0.1) is 16.4 Å². The molecule has 0 bridgehead atoms. The minimum Gasteiger partial charge on any atom is -0.330 e. The first-order chi connectivity index (χ1) is 9.27. The third-order valence-corrected chi connectivity index (χ3v) is 5.67. The van der Waals surface area contributed by atoms with Crippen LogP contribution >= 0.6 is 10.6 Å². The van der Waals surface area contributed by atoms with E-state index in [1.807, 2.05) is 48.5 Å². The van der Waals surface area contributed by atoms with Gasteiger partial charge in [0.2, 0.25) is 0 Å². The Hall–Kier alpha value is -1.33. The quantitative estimate of drug-likeness (QED) is 0.837. The molecule has 3 N–H and O–H groups in total. The minimum absolute atomic E-state index is 0.477. The summed E-state index contributed by atoms with van der Waals surface area (Å²) in [5.41, 5.74) is 7.64. The van der Waals surface area contributed by atoms with Gasteiger partial charge in [0.1, 0.15) is 0 Å². The second kappa shape index (κ2) is 4.98. The Morgan fingerprint density at radius 1 is 0.947 bits per heavy atom. The fraction of sp³-hybridized carbons (Fsp3) is 0.200. The maximum atomic E-state index is 11.0. The molecule has 0 aromatic heterocycles. The highest BCUT2D eigenvalue weighted by Gasteiger charge is 2.35. The first kappa shape index (κ1) is 12.7. The summed E-state index contributed by atoms with van der Waals surface area (Å²) in [5, 5.41) is 0. The molecule has 100 valence electrons. The summed E-state index contributed by atoms with van der Waals surface area (Å²) < 4.78 is 16.9. The van der Waals surface area contributed by atoms with Crippen LogP contribution in [0, 0.1) is 0 Å². The van der Waals surface area contributed by atoms with Crippen LogP contribution in [0.15, 0.2) is 58.3 Å². The van der Waals surface area contributed by atoms with Crippen LogP contribution < -0.4 is 5.73 Å². The normalized spacial score (nSPS) is 16.7. The van der Waals surface area contributed by atoms with Crippen molar-refractivity contribution in [2.75, 3.05) is 13.2 Å². The van der Waals surface area contributed by atoms with Gasteiger partial charge in [-0.2, -0.15) is 0 Å². The van der Waals surface area contributed by atoms with Gasteiger partial charge in [-0.05, 0) is 25.1 Å². The van der Waals surface area contributed by atoms with E-state index < -0.39 is 10.6 Å². The van der Waals surface area contributed by atoms with E-state index in [0.29, 0.717) is 13.2 Å². The van der Waals surface area contributed by atoms with Gasteiger partial charge in [0.15, 0.2) is 0 Å². The monoisotopic (exact) mass is 275 g/mol. The molecule has 1 aliphatic heterocycles. The van der Waals surface area contributed by atoms with Gasteiger partial charge in [-0.25, -0.2) is 0 Å². The van der Waals surface area contributed by atoms with E-state index in [-0.39, 0.29) is 0 Å². The van der Waals surface area contributed by atoms with Crippen molar-refractivity contribution in [3.63, 3.8) is 0 Å². The molecule has 0 saturated carbocycles. The van der Waals surface area contributed by atoms with Crippen LogP contribution in [0.2, 0.25) is 0 Å². The van der Waals surface area contributed by atoms with Gasteiger partial charge in [0.25, 0.3) is 0 Å². The summed E-state index contributed by atoms with van der Waals surface area (Å²) in [5.74, 6) is 0. The lowest BCUT2D eigenvalue weighted by Crippen LogP contribution is -2.08. The van der Waals surface area contributed by atoms with Gasteiger partial charge in [0, 0.05) is 11.1 Å². The molecule has 3 rings (SSSR count). The summed E-state index contributed by atoms with van der Waals surface area (Å²) >= 11 is 0. The number of rotatable bonds is 4. The first-order valence-corrected chi connectivity index (χ1v) is 7.87. The smallest absolute Gasteiger partial charge is 0.0734 e. The second-order valence-corrected chi connectivity index (χ2v) is 6.65. The van der Waals surface area contributed by atoms with Crippen molar-refractivity contribution in [2.45, 2.75) is 16.2 Å². The zero-order valence-corrected chi connectivity index (χ0v) is 11.4. The van der Waals surface area contributed by atoms with E-state index in [2.05, 4.69) is 0 Å². The predicted octanol–water partition coefficient (Wildman–Crippen LogP) is 3.64. The highest BCUT2D eigenvalue weighted by atomic mass is 32.3. The minimum atomic E-state index is -2.35. The molecule has 19 heavy (non-hydrogen) atoms. The van der Waals surface area contributed by atoms with Crippen molar-refractivity contribution >= 4 is 10.6 Å². The Balaban J connectivity index is 2.09. The summed E-state index contributed by atoms with van der Waals surface area (Å²) in [6.07, 6.45) is 0.750. The van der Waals surface area contributed by atoms with E-state index in [1.165, 1.54) is 0 Å². The molecule has 0 aliphatic carbocycles. The molecule has 3 nitrogen and oxygen atoms in total. The number of hydrogen-bond donors (Lipinski definition) is 2. The highest BCUT2D eigenvalue weighted by molar-refractivity contribution is 8.25. The third-order valence-electron chi connectivity index (χ3n) is 3.26. The van der Waals surface area contributed by atoms with Gasteiger partial charge in [-0.15, -0.1) is 10.6 Å². The topological polar surface area (TPSA) is 55.5 Å². The van der Waals surface area contributed by atoms with Gasteiger partial charge in [-0.3, -0.25) is 8.74 Å². The Kier molecular flexibility index (Phi) is 3.33. The van der Waals surface area contributed by atoms with Crippen molar-refractivity contribution in [2.24, 2.45) is 5.73 Å². The lowest BCUT2D eigenvalue weighted by atomic mass is 10.1. The lowest BCUT2D eigenvalue weighted by molar-refractivity contribution is 0.312. The first-order valence-electron chi connectivity index (χ1n) is 6.36. The Morgan fingerprint density at radius 3 is 2.00 bits per heavy atom. The van der Waals surface area contributed by atoms with E-state index in [9.17, 15) is 4.55 Å². The summed E-state index contributed by atoms with van der Waals surface area (Å²) in [7, 11) is -2.35. The van der Waals surface area contributed by atoms with Crippen molar-refractivity contribution in [3.8, 4) is 11.1 Å². The molecule has 1 aliphatic rings. The molecule has 0 saturated heterocycles. The summed E-state index contributed by atoms with van der Waals surface area (Å²) in [6.45, 7) is 1.05. The van der Waals surface area contributed by atoms with Crippen LogP contribution in [0.1, 0.15) is 6.42 Å².